The van der Waals surface area contributed by atoms with E-state index in [-0.39, 0.29) is 0 Å². The molecule has 0 spiro atoms. The van der Waals surface area contributed by atoms with Crippen LogP contribution in [0.1, 0.15) is 64.5 Å². The van der Waals surface area contributed by atoms with Crippen LogP contribution in [0, 0.1) is 0 Å². The molecule has 1 N–H and O–H groups in total. The molecular weight excluding hydrogens is 232 g/mol. The Bertz CT molecular complexity index is 297. The Morgan fingerprint density at radius 1 is 1.05 bits per heavy atom. The molecule has 0 aromatic carbocycles. The van der Waals surface area contributed by atoms with E-state index < -0.39 is 0 Å². The maximum atomic E-state index is 4.41. The molecule has 0 bridgehead atoms. The number of aryl methyl sites for hydroxylation is 1. The SMILES string of the molecule is CCCCCCC(CCc1ccccn1)NCCC. The summed E-state index contributed by atoms with van der Waals surface area (Å²) < 4.78 is 0. The Kier molecular flexibility index (Phi) is 9.34. The molecule has 1 aromatic rings. The van der Waals surface area contributed by atoms with Crippen LogP contribution in [0.2, 0.25) is 0 Å². The fraction of sp³-hybridized carbons (Fsp3) is 0.706. The van der Waals surface area contributed by atoms with Gasteiger partial charge in [-0.25, -0.2) is 0 Å². The molecule has 1 heterocycles. The molecule has 1 aromatic heterocycles. The van der Waals surface area contributed by atoms with Crippen molar-refractivity contribution < 1.29 is 0 Å². The van der Waals surface area contributed by atoms with Crippen molar-refractivity contribution in [3.8, 4) is 0 Å². The Morgan fingerprint density at radius 3 is 2.63 bits per heavy atom. The van der Waals surface area contributed by atoms with Crippen LogP contribution in [-0.2, 0) is 6.42 Å². The van der Waals surface area contributed by atoms with Gasteiger partial charge < -0.3 is 5.32 Å². The number of nitrogens with one attached hydrogen (secondary N) is 1. The van der Waals surface area contributed by atoms with Gasteiger partial charge in [-0.15, -0.1) is 0 Å². The fourth-order valence-electron chi connectivity index (χ4n) is 2.38. The van der Waals surface area contributed by atoms with Crippen molar-refractivity contribution >= 4 is 0 Å². The molecule has 1 rings (SSSR count). The summed E-state index contributed by atoms with van der Waals surface area (Å²) in [5.41, 5.74) is 1.22. The Labute approximate surface area is 119 Å². The van der Waals surface area contributed by atoms with Gasteiger partial charge in [0.2, 0.25) is 0 Å². The Hall–Kier alpha value is -0.890. The summed E-state index contributed by atoms with van der Waals surface area (Å²) in [5, 5.41) is 3.69. The summed E-state index contributed by atoms with van der Waals surface area (Å²) in [5.74, 6) is 0. The van der Waals surface area contributed by atoms with Gasteiger partial charge in [-0.2, -0.15) is 0 Å². The first-order chi connectivity index (χ1) is 9.36. The zero-order valence-corrected chi connectivity index (χ0v) is 12.7. The van der Waals surface area contributed by atoms with E-state index in [1.165, 1.54) is 50.6 Å². The van der Waals surface area contributed by atoms with Crippen molar-refractivity contribution in [3.05, 3.63) is 30.1 Å². The first-order valence-electron chi connectivity index (χ1n) is 8.00. The molecule has 0 aliphatic rings. The van der Waals surface area contributed by atoms with Crippen LogP contribution in [0.15, 0.2) is 24.4 Å². The van der Waals surface area contributed by atoms with Gasteiger partial charge in [-0.1, -0.05) is 45.6 Å². The lowest BCUT2D eigenvalue weighted by Gasteiger charge is -2.18. The van der Waals surface area contributed by atoms with Gasteiger partial charge in [-0.3, -0.25) is 4.98 Å². The summed E-state index contributed by atoms with van der Waals surface area (Å²) in [6.45, 7) is 5.65. The van der Waals surface area contributed by atoms with E-state index in [0.29, 0.717) is 6.04 Å². The molecule has 0 saturated carbocycles. The number of hydrogen-bond acceptors (Lipinski definition) is 2. The highest BCUT2D eigenvalue weighted by Gasteiger charge is 2.08. The molecule has 0 saturated heterocycles. The molecule has 2 nitrogen and oxygen atoms in total. The molecule has 0 amide bonds. The van der Waals surface area contributed by atoms with E-state index in [9.17, 15) is 0 Å². The number of hydrogen-bond donors (Lipinski definition) is 1. The van der Waals surface area contributed by atoms with E-state index in [2.05, 4.69) is 36.3 Å². The third kappa shape index (κ3) is 7.99. The molecule has 0 aliphatic heterocycles. The molecular formula is C17H30N2. The number of nitrogens with zero attached hydrogens (tertiary/aromatic N) is 1. The van der Waals surface area contributed by atoms with E-state index in [4.69, 9.17) is 0 Å². The molecule has 2 heteroatoms. The maximum Gasteiger partial charge on any atom is 0.0404 e. The lowest BCUT2D eigenvalue weighted by atomic mass is 10.0. The average Bonchev–Trinajstić information content (AvgIpc) is 2.46. The third-order valence-electron chi connectivity index (χ3n) is 3.56. The predicted molar refractivity (Wildman–Crippen MR) is 83.4 cm³/mol. The van der Waals surface area contributed by atoms with Crippen molar-refractivity contribution in [3.63, 3.8) is 0 Å². The zero-order chi connectivity index (χ0) is 13.8. The van der Waals surface area contributed by atoms with Crippen LogP contribution in [0.4, 0.5) is 0 Å². The van der Waals surface area contributed by atoms with Gasteiger partial charge >= 0.3 is 0 Å². The highest BCUT2D eigenvalue weighted by atomic mass is 14.9. The van der Waals surface area contributed by atoms with E-state index in [1.54, 1.807) is 0 Å². The van der Waals surface area contributed by atoms with Gasteiger partial charge in [0, 0.05) is 17.9 Å². The first kappa shape index (κ1) is 16.2. The highest BCUT2D eigenvalue weighted by Crippen LogP contribution is 2.10. The second-order valence-electron chi connectivity index (χ2n) is 5.36. The van der Waals surface area contributed by atoms with Gasteiger partial charge in [0.05, 0.1) is 0 Å². The minimum Gasteiger partial charge on any atom is -0.314 e. The van der Waals surface area contributed by atoms with Gasteiger partial charge in [0.1, 0.15) is 0 Å². The second kappa shape index (κ2) is 11.0. The minimum absolute atomic E-state index is 0.666. The third-order valence-corrected chi connectivity index (χ3v) is 3.56. The first-order valence-corrected chi connectivity index (χ1v) is 8.00. The molecule has 1 atom stereocenters. The van der Waals surface area contributed by atoms with Crippen molar-refractivity contribution in [2.45, 2.75) is 71.3 Å². The van der Waals surface area contributed by atoms with Crippen molar-refractivity contribution in [1.29, 1.82) is 0 Å². The summed E-state index contributed by atoms with van der Waals surface area (Å²) >= 11 is 0. The summed E-state index contributed by atoms with van der Waals surface area (Å²) in [7, 11) is 0. The Morgan fingerprint density at radius 2 is 1.95 bits per heavy atom. The molecule has 19 heavy (non-hydrogen) atoms. The minimum atomic E-state index is 0.666. The van der Waals surface area contributed by atoms with Gasteiger partial charge in [-0.05, 0) is 44.4 Å². The lowest BCUT2D eigenvalue weighted by Crippen LogP contribution is -2.30. The van der Waals surface area contributed by atoms with Crippen molar-refractivity contribution in [2.75, 3.05) is 6.54 Å². The van der Waals surface area contributed by atoms with Crippen LogP contribution in [0.3, 0.4) is 0 Å². The molecule has 1 unspecified atom stereocenters. The summed E-state index contributed by atoms with van der Waals surface area (Å²) in [6, 6.07) is 6.87. The smallest absolute Gasteiger partial charge is 0.0404 e. The quantitative estimate of drug-likeness (QED) is 0.600. The van der Waals surface area contributed by atoms with Crippen molar-refractivity contribution in [2.24, 2.45) is 0 Å². The average molecular weight is 262 g/mol. The second-order valence-corrected chi connectivity index (χ2v) is 5.36. The van der Waals surface area contributed by atoms with Crippen LogP contribution in [-0.4, -0.2) is 17.6 Å². The summed E-state index contributed by atoms with van der Waals surface area (Å²) in [6.07, 6.45) is 12.2. The predicted octanol–water partition coefficient (Wildman–Crippen LogP) is 4.35. The number of pyridine rings is 1. The van der Waals surface area contributed by atoms with Crippen LogP contribution in [0.5, 0.6) is 0 Å². The van der Waals surface area contributed by atoms with E-state index in [0.717, 1.165) is 13.0 Å². The lowest BCUT2D eigenvalue weighted by molar-refractivity contribution is 0.431. The number of unbranched alkanes of at least 4 members (excludes halogenated alkanes) is 3. The molecule has 108 valence electrons. The van der Waals surface area contributed by atoms with Crippen LogP contribution in [0.25, 0.3) is 0 Å². The van der Waals surface area contributed by atoms with Gasteiger partial charge in [0.15, 0.2) is 0 Å². The van der Waals surface area contributed by atoms with Crippen molar-refractivity contribution in [1.82, 2.24) is 10.3 Å². The van der Waals surface area contributed by atoms with E-state index >= 15 is 0 Å². The van der Waals surface area contributed by atoms with Crippen LogP contribution < -0.4 is 5.32 Å². The largest absolute Gasteiger partial charge is 0.314 e. The highest BCUT2D eigenvalue weighted by molar-refractivity contribution is 5.03. The van der Waals surface area contributed by atoms with E-state index in [1.807, 2.05) is 12.3 Å². The number of rotatable bonds is 11. The normalized spacial score (nSPS) is 12.5. The number of aromatic nitrogens is 1. The molecule has 0 radical (unpaired) electrons. The summed E-state index contributed by atoms with van der Waals surface area (Å²) in [4.78, 5) is 4.41. The maximum absolute atomic E-state index is 4.41. The monoisotopic (exact) mass is 262 g/mol. The Balaban J connectivity index is 2.27. The zero-order valence-electron chi connectivity index (χ0n) is 12.7. The standard InChI is InChI=1S/C17H30N2/c1-3-5-6-7-10-16(18-14-4-2)12-13-17-11-8-9-15-19-17/h8-9,11,15-16,18H,3-7,10,12-14H2,1-2H3. The molecule has 0 aliphatic carbocycles. The molecule has 0 fully saturated rings. The van der Waals surface area contributed by atoms with Crippen LogP contribution >= 0.6 is 0 Å². The fourth-order valence-corrected chi connectivity index (χ4v) is 2.38. The van der Waals surface area contributed by atoms with Gasteiger partial charge in [0.25, 0.3) is 0 Å². The topological polar surface area (TPSA) is 24.9 Å².